The van der Waals surface area contributed by atoms with Crippen LogP contribution in [0.1, 0.15) is 37.4 Å². The Kier molecular flexibility index (Phi) is 2.17. The lowest BCUT2D eigenvalue weighted by atomic mass is 10.2. The zero-order valence-corrected chi connectivity index (χ0v) is 7.86. The van der Waals surface area contributed by atoms with E-state index in [1.807, 2.05) is 6.92 Å². The first-order valence-electron chi connectivity index (χ1n) is 4.84. The highest BCUT2D eigenvalue weighted by Gasteiger charge is 2.18. The molecule has 0 radical (unpaired) electrons. The Bertz CT molecular complexity index is 350. The van der Waals surface area contributed by atoms with Crippen LogP contribution in [-0.4, -0.2) is 9.78 Å². The van der Waals surface area contributed by atoms with Gasteiger partial charge in [0.15, 0.2) is 0 Å². The molecule has 2 rings (SSSR count). The summed E-state index contributed by atoms with van der Waals surface area (Å²) in [4.78, 5) is 11.5. The van der Waals surface area contributed by atoms with Crippen molar-refractivity contribution in [1.82, 2.24) is 9.78 Å². The average Bonchev–Trinajstić information content (AvgIpc) is 2.61. The minimum absolute atomic E-state index is 0.0394. The Morgan fingerprint density at radius 2 is 2.08 bits per heavy atom. The molecule has 0 aromatic carbocycles. The number of rotatable bonds is 1. The molecule has 3 nitrogen and oxygen atoms in total. The van der Waals surface area contributed by atoms with Crippen molar-refractivity contribution in [3.05, 3.63) is 28.2 Å². The highest BCUT2D eigenvalue weighted by Crippen LogP contribution is 2.27. The molecule has 0 aliphatic heterocycles. The van der Waals surface area contributed by atoms with Crippen LogP contribution in [0.4, 0.5) is 0 Å². The van der Waals surface area contributed by atoms with E-state index in [9.17, 15) is 4.79 Å². The number of aromatic nitrogens is 2. The van der Waals surface area contributed by atoms with Gasteiger partial charge in [0.2, 0.25) is 0 Å². The van der Waals surface area contributed by atoms with E-state index in [-0.39, 0.29) is 5.56 Å². The predicted octanol–water partition coefficient (Wildman–Crippen LogP) is 1.67. The van der Waals surface area contributed by atoms with Crippen molar-refractivity contribution in [3.63, 3.8) is 0 Å². The van der Waals surface area contributed by atoms with Gasteiger partial charge in [0.1, 0.15) is 0 Å². The Morgan fingerprint density at radius 3 is 2.77 bits per heavy atom. The van der Waals surface area contributed by atoms with Crippen LogP contribution in [0.5, 0.6) is 0 Å². The second kappa shape index (κ2) is 3.32. The summed E-state index contributed by atoms with van der Waals surface area (Å²) < 4.78 is 1.66. The fourth-order valence-electron chi connectivity index (χ4n) is 1.93. The summed E-state index contributed by atoms with van der Waals surface area (Å²) in [5.74, 6) is 0. The first-order valence-corrected chi connectivity index (χ1v) is 4.84. The largest absolute Gasteiger partial charge is 0.268 e. The average molecular weight is 178 g/mol. The Hall–Kier alpha value is -1.12. The van der Waals surface area contributed by atoms with E-state index in [2.05, 4.69) is 5.10 Å². The highest BCUT2D eigenvalue weighted by molar-refractivity contribution is 4.98. The summed E-state index contributed by atoms with van der Waals surface area (Å²) in [5.41, 5.74) is 0.962. The second-order valence-corrected chi connectivity index (χ2v) is 3.70. The smallest absolute Gasteiger partial charge is 0.267 e. The standard InChI is InChI=1S/C10H14N2O/c1-8-6-7-10(13)12(11-8)9-4-2-3-5-9/h6-7,9H,2-5H2,1H3. The number of aryl methyl sites for hydroxylation is 1. The highest BCUT2D eigenvalue weighted by atomic mass is 16.1. The van der Waals surface area contributed by atoms with E-state index < -0.39 is 0 Å². The van der Waals surface area contributed by atoms with Gasteiger partial charge in [-0.1, -0.05) is 12.8 Å². The minimum Gasteiger partial charge on any atom is -0.268 e. The van der Waals surface area contributed by atoms with Gasteiger partial charge in [-0.3, -0.25) is 4.79 Å². The summed E-state index contributed by atoms with van der Waals surface area (Å²) in [7, 11) is 0. The molecule has 0 atom stereocenters. The molecule has 13 heavy (non-hydrogen) atoms. The van der Waals surface area contributed by atoms with Crippen LogP contribution < -0.4 is 5.56 Å². The van der Waals surface area contributed by atoms with Crippen LogP contribution in [-0.2, 0) is 0 Å². The lowest BCUT2D eigenvalue weighted by molar-refractivity contribution is 0.440. The van der Waals surface area contributed by atoms with Crippen molar-refractivity contribution in [1.29, 1.82) is 0 Å². The molecule has 1 aliphatic rings. The molecule has 1 fully saturated rings. The maximum atomic E-state index is 11.5. The first kappa shape index (κ1) is 8.48. The van der Waals surface area contributed by atoms with Gasteiger partial charge in [-0.25, -0.2) is 4.68 Å². The molecule has 0 spiro atoms. The molecule has 0 N–H and O–H groups in total. The molecule has 1 aromatic heterocycles. The second-order valence-electron chi connectivity index (χ2n) is 3.70. The lowest BCUT2D eigenvalue weighted by Crippen LogP contribution is -2.25. The normalized spacial score (nSPS) is 17.9. The molecular formula is C10H14N2O. The van der Waals surface area contributed by atoms with E-state index >= 15 is 0 Å². The number of hydrogen-bond donors (Lipinski definition) is 0. The summed E-state index contributed by atoms with van der Waals surface area (Å²) in [5, 5.41) is 4.26. The maximum Gasteiger partial charge on any atom is 0.267 e. The van der Waals surface area contributed by atoms with E-state index in [1.165, 1.54) is 12.8 Å². The van der Waals surface area contributed by atoms with Gasteiger partial charge >= 0.3 is 0 Å². The molecule has 0 bridgehead atoms. The number of nitrogens with zero attached hydrogens (tertiary/aromatic N) is 2. The lowest BCUT2D eigenvalue weighted by Gasteiger charge is -2.11. The quantitative estimate of drug-likeness (QED) is 0.655. The van der Waals surface area contributed by atoms with Gasteiger partial charge < -0.3 is 0 Å². The molecule has 1 saturated carbocycles. The Balaban J connectivity index is 2.37. The molecule has 1 aromatic rings. The predicted molar refractivity (Wildman–Crippen MR) is 50.7 cm³/mol. The van der Waals surface area contributed by atoms with Crippen molar-refractivity contribution in [2.75, 3.05) is 0 Å². The van der Waals surface area contributed by atoms with Gasteiger partial charge in [0.05, 0.1) is 11.7 Å². The fourth-order valence-corrected chi connectivity index (χ4v) is 1.93. The fraction of sp³-hybridized carbons (Fsp3) is 0.600. The van der Waals surface area contributed by atoms with Crippen molar-refractivity contribution in [2.45, 2.75) is 38.6 Å². The van der Waals surface area contributed by atoms with Crippen LogP contribution in [0.2, 0.25) is 0 Å². The molecule has 70 valence electrons. The van der Waals surface area contributed by atoms with Gasteiger partial charge in [0.25, 0.3) is 5.56 Å². The van der Waals surface area contributed by atoms with Gasteiger partial charge in [-0.15, -0.1) is 0 Å². The van der Waals surface area contributed by atoms with Crippen molar-refractivity contribution >= 4 is 0 Å². The van der Waals surface area contributed by atoms with Gasteiger partial charge in [-0.05, 0) is 25.8 Å². The Labute approximate surface area is 77.4 Å². The molecule has 0 saturated heterocycles. The third-order valence-electron chi connectivity index (χ3n) is 2.63. The number of hydrogen-bond acceptors (Lipinski definition) is 2. The topological polar surface area (TPSA) is 34.9 Å². The van der Waals surface area contributed by atoms with E-state index in [0.717, 1.165) is 18.5 Å². The monoisotopic (exact) mass is 178 g/mol. The van der Waals surface area contributed by atoms with E-state index in [4.69, 9.17) is 0 Å². The zero-order chi connectivity index (χ0) is 9.26. The summed E-state index contributed by atoms with van der Waals surface area (Å²) in [6, 6.07) is 3.74. The first-order chi connectivity index (χ1) is 6.27. The summed E-state index contributed by atoms with van der Waals surface area (Å²) in [6.07, 6.45) is 4.67. The van der Waals surface area contributed by atoms with Crippen LogP contribution in [0.25, 0.3) is 0 Å². The summed E-state index contributed by atoms with van der Waals surface area (Å²) in [6.45, 7) is 1.92. The summed E-state index contributed by atoms with van der Waals surface area (Å²) >= 11 is 0. The van der Waals surface area contributed by atoms with Crippen LogP contribution in [0.3, 0.4) is 0 Å². The molecule has 1 heterocycles. The van der Waals surface area contributed by atoms with Crippen molar-refractivity contribution in [2.24, 2.45) is 0 Å². The van der Waals surface area contributed by atoms with Gasteiger partial charge in [-0.2, -0.15) is 5.10 Å². The zero-order valence-electron chi connectivity index (χ0n) is 7.86. The SMILES string of the molecule is Cc1ccc(=O)n(C2CCCC2)n1. The molecule has 1 aliphatic carbocycles. The van der Waals surface area contributed by atoms with Crippen molar-refractivity contribution < 1.29 is 0 Å². The molecule has 0 unspecified atom stereocenters. The maximum absolute atomic E-state index is 11.5. The van der Waals surface area contributed by atoms with Crippen LogP contribution in [0, 0.1) is 6.92 Å². The molecule has 0 amide bonds. The molecule has 3 heteroatoms. The molecular weight excluding hydrogens is 164 g/mol. The third kappa shape index (κ3) is 1.64. The van der Waals surface area contributed by atoms with E-state index in [1.54, 1.807) is 16.8 Å². The Morgan fingerprint density at radius 1 is 1.38 bits per heavy atom. The third-order valence-corrected chi connectivity index (χ3v) is 2.63. The van der Waals surface area contributed by atoms with E-state index in [0.29, 0.717) is 6.04 Å². The van der Waals surface area contributed by atoms with Crippen LogP contribution >= 0.6 is 0 Å². The van der Waals surface area contributed by atoms with Crippen molar-refractivity contribution in [3.8, 4) is 0 Å². The van der Waals surface area contributed by atoms with Gasteiger partial charge in [0, 0.05) is 6.07 Å². The minimum atomic E-state index is 0.0394. The van der Waals surface area contributed by atoms with Crippen LogP contribution in [0.15, 0.2) is 16.9 Å².